The molecule has 0 heteroatoms. The van der Waals surface area contributed by atoms with Crippen molar-refractivity contribution in [2.45, 2.75) is 13.8 Å². The van der Waals surface area contributed by atoms with Gasteiger partial charge < -0.3 is 0 Å². The van der Waals surface area contributed by atoms with Crippen LogP contribution >= 0.6 is 0 Å². The van der Waals surface area contributed by atoms with Gasteiger partial charge in [0.1, 0.15) is 0 Å². The van der Waals surface area contributed by atoms with Crippen molar-refractivity contribution >= 4 is 5.57 Å². The molecule has 2 rings (SSSR count). The monoisotopic (exact) mass is 208 g/mol. The smallest absolute Gasteiger partial charge is 0.0155 e. The van der Waals surface area contributed by atoms with Gasteiger partial charge in [0.15, 0.2) is 0 Å². The lowest BCUT2D eigenvalue weighted by Crippen LogP contribution is -1.83. The molecule has 0 fully saturated rings. The topological polar surface area (TPSA) is 0 Å². The van der Waals surface area contributed by atoms with Crippen molar-refractivity contribution in [3.63, 3.8) is 0 Å². The van der Waals surface area contributed by atoms with Crippen molar-refractivity contribution in [2.24, 2.45) is 0 Å². The van der Waals surface area contributed by atoms with Crippen LogP contribution in [-0.4, -0.2) is 0 Å². The third-order valence-corrected chi connectivity index (χ3v) is 2.83. The van der Waals surface area contributed by atoms with Crippen LogP contribution in [-0.2, 0) is 0 Å². The lowest BCUT2D eigenvalue weighted by Gasteiger charge is -2.07. The molecule has 0 N–H and O–H groups in total. The van der Waals surface area contributed by atoms with Gasteiger partial charge in [-0.2, -0.15) is 0 Å². The van der Waals surface area contributed by atoms with E-state index in [4.69, 9.17) is 0 Å². The zero-order valence-corrected chi connectivity index (χ0v) is 9.83. The van der Waals surface area contributed by atoms with E-state index in [1.807, 2.05) is 6.92 Å². The Kier molecular flexibility index (Phi) is 2.91. The Balaban J connectivity index is 2.43. The molecular formula is C16H16. The first-order valence-corrected chi connectivity index (χ1v) is 5.50. The lowest BCUT2D eigenvalue weighted by molar-refractivity contribution is 1.45. The van der Waals surface area contributed by atoms with Gasteiger partial charge in [-0.1, -0.05) is 60.7 Å². The summed E-state index contributed by atoms with van der Waals surface area (Å²) in [5.41, 5.74) is 6.19. The van der Waals surface area contributed by atoms with E-state index in [1.54, 1.807) is 0 Å². The number of hydrogen-bond acceptors (Lipinski definition) is 0. The Hall–Kier alpha value is -1.82. The molecule has 0 amide bonds. The Morgan fingerprint density at radius 2 is 1.56 bits per heavy atom. The molecule has 0 spiro atoms. The normalized spacial score (nSPS) is 10.1. The molecule has 0 aliphatic carbocycles. The van der Waals surface area contributed by atoms with E-state index < -0.39 is 0 Å². The predicted molar refractivity (Wildman–Crippen MR) is 71.3 cm³/mol. The van der Waals surface area contributed by atoms with Crippen LogP contribution in [0, 0.1) is 6.92 Å². The molecule has 16 heavy (non-hydrogen) atoms. The average molecular weight is 208 g/mol. The number of benzene rings is 2. The van der Waals surface area contributed by atoms with Crippen LogP contribution < -0.4 is 0 Å². The molecule has 2 aromatic rings. The molecule has 0 bridgehead atoms. The SMILES string of the molecule is C=C(C)c1ccc(-c2ccccc2C)cc1. The minimum atomic E-state index is 1.11. The Bertz CT molecular complexity index is 504. The van der Waals surface area contributed by atoms with E-state index in [0.717, 1.165) is 5.57 Å². The molecule has 0 aliphatic heterocycles. The quantitative estimate of drug-likeness (QED) is 0.671. The van der Waals surface area contributed by atoms with Gasteiger partial charge in [0.2, 0.25) is 0 Å². The summed E-state index contributed by atoms with van der Waals surface area (Å²) in [4.78, 5) is 0. The largest absolute Gasteiger partial charge is 0.0955 e. The minimum absolute atomic E-state index is 1.11. The van der Waals surface area contributed by atoms with Crippen LogP contribution in [0.4, 0.5) is 0 Å². The molecule has 0 radical (unpaired) electrons. The van der Waals surface area contributed by atoms with E-state index >= 15 is 0 Å². The third-order valence-electron chi connectivity index (χ3n) is 2.83. The first-order chi connectivity index (χ1) is 7.68. The molecule has 2 aromatic carbocycles. The highest BCUT2D eigenvalue weighted by Crippen LogP contribution is 2.24. The minimum Gasteiger partial charge on any atom is -0.0955 e. The van der Waals surface area contributed by atoms with Gasteiger partial charge in [-0.15, -0.1) is 0 Å². The van der Waals surface area contributed by atoms with Crippen LogP contribution in [0.1, 0.15) is 18.1 Å². The molecule has 0 aliphatic rings. The standard InChI is InChI=1S/C16H16/c1-12(2)14-8-10-15(11-9-14)16-7-5-4-6-13(16)3/h4-11H,1H2,2-3H3. The highest BCUT2D eigenvalue weighted by Gasteiger charge is 2.00. The molecule has 0 nitrogen and oxygen atoms in total. The van der Waals surface area contributed by atoms with E-state index in [2.05, 4.69) is 62.0 Å². The van der Waals surface area contributed by atoms with Gasteiger partial charge in [-0.3, -0.25) is 0 Å². The Labute approximate surface area is 97.3 Å². The summed E-state index contributed by atoms with van der Waals surface area (Å²) >= 11 is 0. The average Bonchev–Trinajstić information content (AvgIpc) is 2.30. The fourth-order valence-corrected chi connectivity index (χ4v) is 1.83. The maximum atomic E-state index is 3.95. The predicted octanol–water partition coefficient (Wildman–Crippen LogP) is 4.70. The molecule has 0 aromatic heterocycles. The fourth-order valence-electron chi connectivity index (χ4n) is 1.83. The van der Waals surface area contributed by atoms with Crippen LogP contribution in [0.25, 0.3) is 16.7 Å². The third kappa shape index (κ3) is 2.06. The molecule has 0 atom stereocenters. The van der Waals surface area contributed by atoms with Gasteiger partial charge >= 0.3 is 0 Å². The molecule has 0 saturated heterocycles. The second-order valence-electron chi connectivity index (χ2n) is 4.17. The van der Waals surface area contributed by atoms with Crippen molar-refractivity contribution in [3.05, 3.63) is 66.2 Å². The van der Waals surface area contributed by atoms with Crippen LogP contribution in [0.2, 0.25) is 0 Å². The highest BCUT2D eigenvalue weighted by molar-refractivity contribution is 5.70. The fraction of sp³-hybridized carbons (Fsp3) is 0.125. The van der Waals surface area contributed by atoms with Gasteiger partial charge in [0, 0.05) is 0 Å². The molecule has 0 heterocycles. The highest BCUT2D eigenvalue weighted by atomic mass is 14.1. The summed E-state index contributed by atoms with van der Waals surface area (Å²) in [5.74, 6) is 0. The first kappa shape index (κ1) is 10.7. The maximum Gasteiger partial charge on any atom is -0.0155 e. The second-order valence-corrected chi connectivity index (χ2v) is 4.17. The lowest BCUT2D eigenvalue weighted by atomic mass is 9.98. The Morgan fingerprint density at radius 3 is 2.12 bits per heavy atom. The van der Waals surface area contributed by atoms with Crippen molar-refractivity contribution in [1.29, 1.82) is 0 Å². The molecular weight excluding hydrogens is 192 g/mol. The number of rotatable bonds is 2. The molecule has 0 unspecified atom stereocenters. The van der Waals surface area contributed by atoms with Crippen LogP contribution in [0.15, 0.2) is 55.1 Å². The van der Waals surface area contributed by atoms with Crippen molar-refractivity contribution in [1.82, 2.24) is 0 Å². The van der Waals surface area contributed by atoms with Gasteiger partial charge in [-0.25, -0.2) is 0 Å². The van der Waals surface area contributed by atoms with E-state index in [-0.39, 0.29) is 0 Å². The summed E-state index contributed by atoms with van der Waals surface area (Å²) in [6.07, 6.45) is 0. The first-order valence-electron chi connectivity index (χ1n) is 5.50. The maximum absolute atomic E-state index is 3.95. The summed E-state index contributed by atoms with van der Waals surface area (Å²) < 4.78 is 0. The zero-order chi connectivity index (χ0) is 11.5. The summed E-state index contributed by atoms with van der Waals surface area (Å²) in [5, 5.41) is 0. The molecule has 0 saturated carbocycles. The summed E-state index contributed by atoms with van der Waals surface area (Å²) in [6, 6.07) is 17.0. The number of hydrogen-bond donors (Lipinski definition) is 0. The van der Waals surface area contributed by atoms with Crippen molar-refractivity contribution in [2.75, 3.05) is 0 Å². The van der Waals surface area contributed by atoms with Crippen LogP contribution in [0.3, 0.4) is 0 Å². The van der Waals surface area contributed by atoms with E-state index in [1.165, 1.54) is 22.3 Å². The van der Waals surface area contributed by atoms with Crippen molar-refractivity contribution < 1.29 is 0 Å². The van der Waals surface area contributed by atoms with Gasteiger partial charge in [0.25, 0.3) is 0 Å². The zero-order valence-electron chi connectivity index (χ0n) is 9.83. The van der Waals surface area contributed by atoms with Crippen molar-refractivity contribution in [3.8, 4) is 11.1 Å². The number of aryl methyl sites for hydroxylation is 1. The van der Waals surface area contributed by atoms with Crippen LogP contribution in [0.5, 0.6) is 0 Å². The Morgan fingerprint density at radius 1 is 0.938 bits per heavy atom. The van der Waals surface area contributed by atoms with Gasteiger partial charge in [0.05, 0.1) is 0 Å². The van der Waals surface area contributed by atoms with E-state index in [9.17, 15) is 0 Å². The second kappa shape index (κ2) is 4.36. The molecule has 80 valence electrons. The summed E-state index contributed by atoms with van der Waals surface area (Å²) in [6.45, 7) is 8.12. The summed E-state index contributed by atoms with van der Waals surface area (Å²) in [7, 11) is 0. The number of allylic oxidation sites excluding steroid dienone is 1. The van der Waals surface area contributed by atoms with E-state index in [0.29, 0.717) is 0 Å². The van der Waals surface area contributed by atoms with Gasteiger partial charge in [-0.05, 0) is 36.1 Å².